The van der Waals surface area contributed by atoms with Crippen molar-refractivity contribution in [2.45, 2.75) is 6.92 Å². The molecule has 0 saturated heterocycles. The second-order valence-corrected chi connectivity index (χ2v) is 4.21. The summed E-state index contributed by atoms with van der Waals surface area (Å²) in [4.78, 5) is 11.0. The van der Waals surface area contributed by atoms with Gasteiger partial charge < -0.3 is 9.67 Å². The van der Waals surface area contributed by atoms with Crippen LogP contribution in [0.4, 0.5) is 8.78 Å². The highest BCUT2D eigenvalue weighted by molar-refractivity contribution is 6.31. The van der Waals surface area contributed by atoms with Gasteiger partial charge in [0.1, 0.15) is 17.3 Å². The molecule has 18 heavy (non-hydrogen) atoms. The van der Waals surface area contributed by atoms with Gasteiger partial charge in [-0.25, -0.2) is 13.6 Å². The SMILES string of the molecule is Cc1cc(F)c(-n2cc(Cl)cc2C(=O)O)cc1F. The van der Waals surface area contributed by atoms with Crippen molar-refractivity contribution >= 4 is 17.6 Å². The Morgan fingerprint density at radius 3 is 2.56 bits per heavy atom. The molecule has 0 amide bonds. The molecule has 94 valence electrons. The fourth-order valence-electron chi connectivity index (χ4n) is 1.61. The Morgan fingerprint density at radius 2 is 1.94 bits per heavy atom. The first-order valence-electron chi connectivity index (χ1n) is 4.97. The summed E-state index contributed by atoms with van der Waals surface area (Å²) in [5.41, 5.74) is -0.282. The van der Waals surface area contributed by atoms with Gasteiger partial charge in [0.2, 0.25) is 0 Å². The number of aromatic nitrogens is 1. The van der Waals surface area contributed by atoms with Crippen molar-refractivity contribution in [3.05, 3.63) is 52.3 Å². The molecule has 0 radical (unpaired) electrons. The Hall–Kier alpha value is -1.88. The van der Waals surface area contributed by atoms with E-state index in [1.807, 2.05) is 0 Å². The number of halogens is 3. The summed E-state index contributed by atoms with van der Waals surface area (Å²) in [6.45, 7) is 1.42. The summed E-state index contributed by atoms with van der Waals surface area (Å²) in [6, 6.07) is 3.11. The number of benzene rings is 1. The number of carboxylic acids is 1. The summed E-state index contributed by atoms with van der Waals surface area (Å²) in [5.74, 6) is -2.61. The number of hydrogen-bond acceptors (Lipinski definition) is 1. The second kappa shape index (κ2) is 4.42. The number of hydrogen-bond donors (Lipinski definition) is 1. The van der Waals surface area contributed by atoms with Crippen molar-refractivity contribution in [3.63, 3.8) is 0 Å². The maximum Gasteiger partial charge on any atom is 0.352 e. The van der Waals surface area contributed by atoms with E-state index in [1.54, 1.807) is 0 Å². The summed E-state index contributed by atoms with van der Waals surface area (Å²) in [5, 5.41) is 9.09. The van der Waals surface area contributed by atoms with E-state index in [4.69, 9.17) is 16.7 Å². The molecule has 0 spiro atoms. The average molecular weight is 272 g/mol. The number of carboxylic acid groups (broad SMARTS) is 1. The smallest absolute Gasteiger partial charge is 0.352 e. The van der Waals surface area contributed by atoms with Crippen LogP contribution in [-0.2, 0) is 0 Å². The molecule has 2 aromatic rings. The molecule has 2 rings (SSSR count). The van der Waals surface area contributed by atoms with Crippen LogP contribution < -0.4 is 0 Å². The molecule has 1 heterocycles. The Balaban J connectivity index is 2.69. The largest absolute Gasteiger partial charge is 0.477 e. The van der Waals surface area contributed by atoms with E-state index in [0.29, 0.717) is 0 Å². The third kappa shape index (κ3) is 2.09. The Morgan fingerprint density at radius 1 is 1.28 bits per heavy atom. The van der Waals surface area contributed by atoms with E-state index in [2.05, 4.69) is 0 Å². The monoisotopic (exact) mass is 271 g/mol. The van der Waals surface area contributed by atoms with E-state index >= 15 is 0 Å². The van der Waals surface area contributed by atoms with Crippen LogP contribution in [0.2, 0.25) is 5.02 Å². The molecule has 0 atom stereocenters. The van der Waals surface area contributed by atoms with Crippen LogP contribution in [0.5, 0.6) is 0 Å². The minimum absolute atomic E-state index is 0.132. The first-order valence-corrected chi connectivity index (χ1v) is 5.35. The van der Waals surface area contributed by atoms with Gasteiger partial charge in [0.25, 0.3) is 0 Å². The first-order chi connectivity index (χ1) is 8.40. The Bertz CT molecular complexity index is 637. The van der Waals surface area contributed by atoms with Crippen LogP contribution in [-0.4, -0.2) is 15.6 Å². The van der Waals surface area contributed by atoms with Gasteiger partial charge >= 0.3 is 5.97 Å². The lowest BCUT2D eigenvalue weighted by Crippen LogP contribution is -2.08. The van der Waals surface area contributed by atoms with Gasteiger partial charge in [-0.3, -0.25) is 0 Å². The fourth-order valence-corrected chi connectivity index (χ4v) is 1.82. The molecule has 0 bridgehead atoms. The van der Waals surface area contributed by atoms with Crippen LogP contribution >= 0.6 is 11.6 Å². The molecular formula is C12H8ClF2NO2. The topological polar surface area (TPSA) is 42.2 Å². The van der Waals surface area contributed by atoms with Gasteiger partial charge in [-0.1, -0.05) is 11.6 Å². The molecule has 0 fully saturated rings. The Labute approximate surface area is 106 Å². The highest BCUT2D eigenvalue weighted by atomic mass is 35.5. The van der Waals surface area contributed by atoms with Crippen molar-refractivity contribution in [1.82, 2.24) is 4.57 Å². The standard InChI is InChI=1S/C12H8ClF2NO2/c1-6-2-9(15)10(4-8(6)14)16-5-7(13)3-11(16)12(17)18/h2-5H,1H3,(H,17,18). The average Bonchev–Trinajstić information content (AvgIpc) is 2.65. The highest BCUT2D eigenvalue weighted by Crippen LogP contribution is 2.23. The predicted octanol–water partition coefficient (Wildman–Crippen LogP) is 3.42. The van der Waals surface area contributed by atoms with Gasteiger partial charge in [0.05, 0.1) is 10.7 Å². The normalized spacial score (nSPS) is 10.7. The van der Waals surface area contributed by atoms with Gasteiger partial charge in [-0.2, -0.15) is 0 Å². The molecule has 0 aliphatic rings. The molecule has 0 aliphatic carbocycles. The summed E-state index contributed by atoms with van der Waals surface area (Å²) in [6.07, 6.45) is 1.22. The zero-order valence-electron chi connectivity index (χ0n) is 9.25. The van der Waals surface area contributed by atoms with E-state index in [1.165, 1.54) is 19.2 Å². The predicted molar refractivity (Wildman–Crippen MR) is 62.4 cm³/mol. The minimum Gasteiger partial charge on any atom is -0.477 e. The zero-order chi connectivity index (χ0) is 13.4. The first kappa shape index (κ1) is 12.6. The molecule has 1 N–H and O–H groups in total. The maximum absolute atomic E-state index is 13.7. The summed E-state index contributed by atoms with van der Waals surface area (Å²) in [7, 11) is 0. The van der Waals surface area contributed by atoms with Crippen LogP contribution in [0.3, 0.4) is 0 Å². The molecule has 1 aromatic heterocycles. The summed E-state index contributed by atoms with van der Waals surface area (Å²) >= 11 is 5.68. The molecule has 3 nitrogen and oxygen atoms in total. The van der Waals surface area contributed by atoms with Crippen LogP contribution in [0.1, 0.15) is 16.1 Å². The van der Waals surface area contributed by atoms with Crippen molar-refractivity contribution in [3.8, 4) is 5.69 Å². The van der Waals surface area contributed by atoms with Gasteiger partial charge in [0.15, 0.2) is 0 Å². The number of carbonyl (C=O) groups is 1. The molecule has 6 heteroatoms. The van der Waals surface area contributed by atoms with Crippen molar-refractivity contribution in [1.29, 1.82) is 0 Å². The molecule has 0 saturated carbocycles. The van der Waals surface area contributed by atoms with E-state index in [0.717, 1.165) is 16.7 Å². The number of nitrogens with zero attached hydrogens (tertiary/aromatic N) is 1. The maximum atomic E-state index is 13.7. The van der Waals surface area contributed by atoms with Gasteiger partial charge in [0, 0.05) is 12.3 Å². The van der Waals surface area contributed by atoms with Crippen molar-refractivity contribution < 1.29 is 18.7 Å². The van der Waals surface area contributed by atoms with E-state index in [-0.39, 0.29) is 22.0 Å². The second-order valence-electron chi connectivity index (χ2n) is 3.77. The molecule has 0 aliphatic heterocycles. The quantitative estimate of drug-likeness (QED) is 0.909. The van der Waals surface area contributed by atoms with Crippen molar-refractivity contribution in [2.75, 3.05) is 0 Å². The van der Waals surface area contributed by atoms with Gasteiger partial charge in [-0.05, 0) is 24.6 Å². The van der Waals surface area contributed by atoms with E-state index < -0.39 is 17.6 Å². The molecular weight excluding hydrogens is 264 g/mol. The lowest BCUT2D eigenvalue weighted by Gasteiger charge is -2.09. The van der Waals surface area contributed by atoms with Crippen LogP contribution in [0, 0.1) is 18.6 Å². The number of aromatic carboxylic acids is 1. The van der Waals surface area contributed by atoms with E-state index in [9.17, 15) is 13.6 Å². The number of aryl methyl sites for hydroxylation is 1. The molecule has 1 aromatic carbocycles. The van der Waals surface area contributed by atoms with Crippen molar-refractivity contribution in [2.24, 2.45) is 0 Å². The highest BCUT2D eigenvalue weighted by Gasteiger charge is 2.17. The third-order valence-corrected chi connectivity index (χ3v) is 2.70. The lowest BCUT2D eigenvalue weighted by atomic mass is 10.2. The van der Waals surface area contributed by atoms with Gasteiger partial charge in [-0.15, -0.1) is 0 Å². The fraction of sp³-hybridized carbons (Fsp3) is 0.0833. The Kier molecular flexibility index (Phi) is 3.09. The zero-order valence-corrected chi connectivity index (χ0v) is 10.0. The van der Waals surface area contributed by atoms with Crippen LogP contribution in [0.15, 0.2) is 24.4 Å². The third-order valence-electron chi connectivity index (χ3n) is 2.49. The lowest BCUT2D eigenvalue weighted by molar-refractivity contribution is 0.0688. The number of rotatable bonds is 2. The minimum atomic E-state index is -1.28. The summed E-state index contributed by atoms with van der Waals surface area (Å²) < 4.78 is 28.2. The molecule has 0 unspecified atom stereocenters. The van der Waals surface area contributed by atoms with Crippen LogP contribution in [0.25, 0.3) is 5.69 Å².